The maximum Gasteiger partial charge on any atom is 0.309 e. The molecule has 5 aliphatic rings. The summed E-state index contributed by atoms with van der Waals surface area (Å²) in [6.07, 6.45) is 8.03. The molecule has 0 aliphatic heterocycles. The fraction of sp³-hybridized carbons (Fsp3) is 0.795. The van der Waals surface area contributed by atoms with Crippen molar-refractivity contribution >= 4 is 17.7 Å². The molecular weight excluding hydrogens is 697 g/mol. The number of aromatic nitrogens is 2. The minimum atomic E-state index is -1.18. The number of carboxylic acid groups (broad SMARTS) is 1. The van der Waals surface area contributed by atoms with Gasteiger partial charge in [0.25, 0.3) is 0 Å². The molecule has 11 nitrogen and oxygen atoms in total. The van der Waals surface area contributed by atoms with Gasteiger partial charge in [-0.2, -0.15) is 0 Å². The Morgan fingerprint density at radius 2 is 1.76 bits per heavy atom. The van der Waals surface area contributed by atoms with Crippen LogP contribution in [0.2, 0.25) is 0 Å². The lowest BCUT2D eigenvalue weighted by atomic mass is 9.39. The molecule has 0 bridgehead atoms. The predicted octanol–water partition coefficient (Wildman–Crippen LogP) is 7.03. The Morgan fingerprint density at radius 3 is 2.38 bits per heavy atom. The van der Waals surface area contributed by atoms with Crippen molar-refractivity contribution in [1.82, 2.24) is 20.0 Å². The molecule has 55 heavy (non-hydrogen) atoms. The number of rotatable bonds is 13. The van der Waals surface area contributed by atoms with Crippen LogP contribution in [0.25, 0.3) is 0 Å². The molecule has 8 atom stereocenters. The molecule has 5 aliphatic carbocycles. The average Bonchev–Trinajstić information content (AvgIpc) is 3.64. The summed E-state index contributed by atoms with van der Waals surface area (Å²) in [5.41, 5.74) is 1.39. The first-order valence-corrected chi connectivity index (χ1v) is 20.8. The second-order valence-electron chi connectivity index (χ2n) is 20.2. The number of esters is 1. The zero-order valence-corrected chi connectivity index (χ0v) is 35.5. The molecule has 0 amide bonds. The molecule has 2 N–H and O–H groups in total. The molecule has 6 rings (SSSR count). The molecule has 7 unspecified atom stereocenters. The number of aliphatic carboxylic acids is 1. The predicted molar refractivity (Wildman–Crippen MR) is 210 cm³/mol. The molecule has 0 aromatic carbocycles. The molecule has 0 saturated heterocycles. The van der Waals surface area contributed by atoms with E-state index in [9.17, 15) is 24.6 Å². The number of fused-ring (bicyclic) bond motifs is 7. The van der Waals surface area contributed by atoms with Crippen LogP contribution < -0.4 is 0 Å². The Hall–Kier alpha value is -2.89. The highest BCUT2D eigenvalue weighted by atomic mass is 16.5. The molecule has 1 heterocycles. The monoisotopic (exact) mass is 765 g/mol. The molecule has 1 aromatic heterocycles. The summed E-state index contributed by atoms with van der Waals surface area (Å²) in [5, 5.41) is 30.4. The van der Waals surface area contributed by atoms with E-state index in [1.165, 1.54) is 11.1 Å². The summed E-state index contributed by atoms with van der Waals surface area (Å²) < 4.78 is 11.9. The Kier molecular flexibility index (Phi) is 11.2. The summed E-state index contributed by atoms with van der Waals surface area (Å²) in [7, 11) is 4.09. The fourth-order valence-corrected chi connectivity index (χ4v) is 12.5. The second kappa shape index (κ2) is 14.8. The molecule has 1 aromatic rings. The quantitative estimate of drug-likeness (QED) is 0.158. The maximum absolute atomic E-state index is 14.2. The number of likely N-dealkylation sites (N-methyl/N-ethyl adjacent to an activating group) is 1. The number of hydrogen-bond donors (Lipinski definition) is 2. The van der Waals surface area contributed by atoms with Gasteiger partial charge in [0, 0.05) is 43.8 Å². The van der Waals surface area contributed by atoms with E-state index in [0.29, 0.717) is 43.1 Å². The van der Waals surface area contributed by atoms with Crippen LogP contribution >= 0.6 is 0 Å². The van der Waals surface area contributed by atoms with E-state index in [0.717, 1.165) is 63.6 Å². The summed E-state index contributed by atoms with van der Waals surface area (Å²) in [5.74, 6) is 0.957. The number of nitrogens with zero attached hydrogens (tertiary/aromatic N) is 4. The number of hydrogen-bond acceptors (Lipinski definition) is 10. The van der Waals surface area contributed by atoms with Crippen LogP contribution in [0.4, 0.5) is 0 Å². The van der Waals surface area contributed by atoms with Gasteiger partial charge in [-0.1, -0.05) is 58.8 Å². The number of aryl methyl sites for hydroxylation is 1. The Balaban J connectivity index is 1.28. The maximum atomic E-state index is 14.2. The van der Waals surface area contributed by atoms with Gasteiger partial charge in [0.15, 0.2) is 5.78 Å². The minimum absolute atomic E-state index is 0.0116. The van der Waals surface area contributed by atoms with Crippen molar-refractivity contribution in [1.29, 1.82) is 0 Å². The van der Waals surface area contributed by atoms with Crippen molar-refractivity contribution in [2.24, 2.45) is 50.7 Å². The Morgan fingerprint density at radius 1 is 1.05 bits per heavy atom. The first-order chi connectivity index (χ1) is 25.6. The van der Waals surface area contributed by atoms with E-state index in [-0.39, 0.29) is 46.4 Å². The zero-order valence-electron chi connectivity index (χ0n) is 35.5. The molecule has 306 valence electrons. The smallest absolute Gasteiger partial charge is 0.309 e. The molecule has 0 radical (unpaired) electrons. The number of allylic oxidation sites excluding steroid dienone is 2. The van der Waals surface area contributed by atoms with Gasteiger partial charge in [-0.25, -0.2) is 0 Å². The Labute approximate surface area is 328 Å². The fourth-order valence-electron chi connectivity index (χ4n) is 12.5. The lowest BCUT2D eigenvalue weighted by Crippen LogP contribution is -2.59. The lowest BCUT2D eigenvalue weighted by Gasteiger charge is -2.66. The van der Waals surface area contributed by atoms with Crippen molar-refractivity contribution in [3.05, 3.63) is 34.6 Å². The summed E-state index contributed by atoms with van der Waals surface area (Å²) in [6, 6.07) is 0. The zero-order chi connectivity index (χ0) is 40.5. The van der Waals surface area contributed by atoms with E-state index in [2.05, 4.69) is 67.6 Å². The molecular formula is C44H68N4O7. The van der Waals surface area contributed by atoms with Crippen LogP contribution in [-0.4, -0.2) is 93.9 Å². The van der Waals surface area contributed by atoms with Gasteiger partial charge < -0.3 is 24.3 Å². The highest BCUT2D eigenvalue weighted by Gasteiger charge is 2.65. The number of ether oxygens (including phenoxy) is 1. The Bertz CT molecular complexity index is 1720. The molecule has 3 saturated carbocycles. The number of carbonyl (C=O) groups excluding carboxylic acids is 2. The first-order valence-electron chi connectivity index (χ1n) is 20.8. The number of carbonyl (C=O) groups is 3. The standard InChI is InChI=1S/C44H68N4O7/c1-26(2)37-30(49)22-44(33(50)24-48(21-20-47(10)11)25-35-46-45-27(3)54-35)19-14-29-28(38(37)44)12-13-32-42(29,8)17-15-31-41(6,7)34(16-18-43(31,32)9)55-36(51)23-40(4,5)39(52)53/h15,26,28-29,32-34,50H,12-14,16-25H2,1-11H3,(H,52,53)/t28?,29?,32?,33-,34?,42?,43?,44?/m0/s1. The van der Waals surface area contributed by atoms with Crippen LogP contribution in [0, 0.1) is 57.7 Å². The van der Waals surface area contributed by atoms with Crippen molar-refractivity contribution in [2.45, 2.75) is 139 Å². The number of carboxylic acids is 1. The SMILES string of the molecule is Cc1nnc(CN(CCN(C)C)C[C@H](O)C23CCC4C(CCC5C6(C)CCC(OC(=O)CC(C)(C)C(=O)O)C(C)(C)C6=CCC45C)C2=C(C(C)C)C(=O)C3)o1. The summed E-state index contributed by atoms with van der Waals surface area (Å²) in [6.45, 7) is 21.0. The molecule has 3 fully saturated rings. The van der Waals surface area contributed by atoms with E-state index in [1.807, 2.05) is 14.1 Å². The van der Waals surface area contributed by atoms with Crippen LogP contribution in [-0.2, 0) is 25.7 Å². The van der Waals surface area contributed by atoms with Crippen LogP contribution in [0.3, 0.4) is 0 Å². The topological polar surface area (TPSA) is 146 Å². The third kappa shape index (κ3) is 7.28. The van der Waals surface area contributed by atoms with Crippen molar-refractivity contribution in [3.63, 3.8) is 0 Å². The van der Waals surface area contributed by atoms with Crippen molar-refractivity contribution < 1.29 is 33.8 Å². The van der Waals surface area contributed by atoms with Crippen molar-refractivity contribution in [2.75, 3.05) is 33.7 Å². The summed E-state index contributed by atoms with van der Waals surface area (Å²) >= 11 is 0. The lowest BCUT2D eigenvalue weighted by molar-refractivity contribution is -0.168. The van der Waals surface area contributed by atoms with E-state index in [4.69, 9.17) is 9.15 Å². The average molecular weight is 765 g/mol. The number of aliphatic hydroxyl groups excluding tert-OH is 1. The van der Waals surface area contributed by atoms with Crippen LogP contribution in [0.15, 0.2) is 27.2 Å². The third-order valence-corrected chi connectivity index (χ3v) is 15.2. The highest BCUT2D eigenvalue weighted by molar-refractivity contribution is 6.00. The van der Waals surface area contributed by atoms with Crippen LogP contribution in [0.1, 0.15) is 125 Å². The largest absolute Gasteiger partial charge is 0.481 e. The number of ketones is 1. The van der Waals surface area contributed by atoms with Gasteiger partial charge in [0.1, 0.15) is 6.10 Å². The molecule has 0 spiro atoms. The van der Waals surface area contributed by atoms with Gasteiger partial charge in [0.2, 0.25) is 11.8 Å². The van der Waals surface area contributed by atoms with Gasteiger partial charge >= 0.3 is 11.9 Å². The highest BCUT2D eigenvalue weighted by Crippen LogP contribution is 2.72. The number of aliphatic hydroxyl groups is 1. The van der Waals surface area contributed by atoms with Gasteiger partial charge in [-0.15, -0.1) is 10.2 Å². The van der Waals surface area contributed by atoms with Crippen LogP contribution in [0.5, 0.6) is 0 Å². The third-order valence-electron chi connectivity index (χ3n) is 15.2. The van der Waals surface area contributed by atoms with Gasteiger partial charge in [-0.3, -0.25) is 19.3 Å². The second-order valence-corrected chi connectivity index (χ2v) is 20.2. The van der Waals surface area contributed by atoms with E-state index in [1.54, 1.807) is 20.8 Å². The first kappa shape index (κ1) is 41.7. The minimum Gasteiger partial charge on any atom is -0.481 e. The van der Waals surface area contributed by atoms with Crippen molar-refractivity contribution in [3.8, 4) is 0 Å². The summed E-state index contributed by atoms with van der Waals surface area (Å²) in [4.78, 5) is 43.3. The van der Waals surface area contributed by atoms with E-state index < -0.39 is 28.9 Å². The normalized spacial score (nSPS) is 33.6. The van der Waals surface area contributed by atoms with E-state index >= 15 is 0 Å². The molecule has 11 heteroatoms. The number of Topliss-reactive ketones (excluding diaryl/α,β-unsaturated/α-hetero) is 1. The van der Waals surface area contributed by atoms with Gasteiger partial charge in [0.05, 0.1) is 24.5 Å². The van der Waals surface area contributed by atoms with Gasteiger partial charge in [-0.05, 0) is 113 Å².